The largest absolute Gasteiger partial charge is 0.393 e. The number of carbonyl (C=O) groups excluding carboxylic acids is 1. The zero-order chi connectivity index (χ0) is 22.7. The number of nitrogens with zero attached hydrogens (tertiary/aromatic N) is 1. The molecule has 9 atom stereocenters. The van der Waals surface area contributed by atoms with Crippen molar-refractivity contribution < 1.29 is 9.90 Å². The summed E-state index contributed by atoms with van der Waals surface area (Å²) in [6, 6.07) is 0.452. The Morgan fingerprint density at radius 2 is 1.97 bits per heavy atom. The predicted molar refractivity (Wildman–Crippen MR) is 130 cm³/mol. The number of likely N-dealkylation sites (tertiary alicyclic amines) is 1. The normalized spacial score (nSPS) is 46.8. The van der Waals surface area contributed by atoms with Gasteiger partial charge in [-0.3, -0.25) is 4.79 Å². The van der Waals surface area contributed by atoms with Gasteiger partial charge in [0.15, 0.2) is 0 Å². The van der Waals surface area contributed by atoms with E-state index in [1.165, 1.54) is 51.4 Å². The first-order valence-electron chi connectivity index (χ1n) is 13.9. The molecule has 0 aromatic rings. The number of aliphatic hydroxyl groups is 1. The first-order chi connectivity index (χ1) is 15.2. The molecule has 0 aromatic carbocycles. The van der Waals surface area contributed by atoms with Crippen LogP contribution in [0.15, 0.2) is 11.6 Å². The molecule has 3 saturated carbocycles. The van der Waals surface area contributed by atoms with Crippen molar-refractivity contribution >= 4 is 5.91 Å². The Labute approximate surface area is 196 Å². The summed E-state index contributed by atoms with van der Waals surface area (Å²) >= 11 is 0. The lowest BCUT2D eigenvalue weighted by atomic mass is 9.47. The molecule has 3 nitrogen and oxygen atoms in total. The van der Waals surface area contributed by atoms with E-state index in [-0.39, 0.29) is 6.10 Å². The molecule has 0 aromatic heterocycles. The molecule has 1 aliphatic heterocycles. The lowest BCUT2D eigenvalue weighted by molar-refractivity contribution is -0.132. The van der Waals surface area contributed by atoms with Gasteiger partial charge in [-0.2, -0.15) is 0 Å². The van der Waals surface area contributed by atoms with Gasteiger partial charge in [-0.15, -0.1) is 0 Å². The molecule has 1 saturated heterocycles. The number of aliphatic hydroxyl groups excluding tert-OH is 1. The van der Waals surface area contributed by atoms with Crippen LogP contribution in [0, 0.1) is 40.4 Å². The summed E-state index contributed by atoms with van der Waals surface area (Å²) in [5, 5.41) is 10.3. The third kappa shape index (κ3) is 3.60. The zero-order valence-corrected chi connectivity index (χ0v) is 21.1. The van der Waals surface area contributed by atoms with Crippen LogP contribution in [-0.4, -0.2) is 34.6 Å². The van der Waals surface area contributed by atoms with Crippen molar-refractivity contribution in [2.45, 2.75) is 117 Å². The van der Waals surface area contributed by atoms with E-state index in [0.717, 1.165) is 55.9 Å². The van der Waals surface area contributed by atoms with Crippen molar-refractivity contribution in [3.05, 3.63) is 11.6 Å². The molecule has 1 amide bonds. The van der Waals surface area contributed by atoms with Gasteiger partial charge in [0.2, 0.25) is 5.91 Å². The van der Waals surface area contributed by atoms with Crippen molar-refractivity contribution in [3.63, 3.8) is 0 Å². The van der Waals surface area contributed by atoms with Gasteiger partial charge in [-0.1, -0.05) is 32.4 Å². The monoisotopic (exact) mass is 441 g/mol. The fourth-order valence-corrected chi connectivity index (χ4v) is 9.62. The number of hydrogen-bond acceptors (Lipinski definition) is 2. The summed E-state index contributed by atoms with van der Waals surface area (Å²) in [5.41, 5.74) is 2.38. The Hall–Kier alpha value is -0.830. The van der Waals surface area contributed by atoms with E-state index < -0.39 is 0 Å². The Bertz CT molecular complexity index is 760. The summed E-state index contributed by atoms with van der Waals surface area (Å²) in [5.74, 6) is 4.34. The molecule has 32 heavy (non-hydrogen) atoms. The lowest BCUT2D eigenvalue weighted by Crippen LogP contribution is -2.50. The first kappa shape index (κ1) is 22.9. The SMILES string of the molecule is C[C@H](CCC(=O)N1CCC[C@@H]1C)[C@H]1CC[C@H]2[C@@H]3CC=C4C[C@@H](O)CC[C@]4(C)[C@H]3CC[C@]12C. The standard InChI is InChI=1S/C29H47NO2/c1-19(7-12-27(32)30-17-5-6-20(30)2)24-10-11-25-23-9-8-21-18-22(31)13-15-28(21,3)26(23)14-16-29(24,25)4/h8,19-20,22-26,31H,5-7,9-18H2,1-4H3/t19-,20+,22+,23+,24-,25+,26+,28+,29-/m1/s1. The molecular weight excluding hydrogens is 394 g/mol. The maximum absolute atomic E-state index is 12.8. The molecule has 5 rings (SSSR count). The average molecular weight is 442 g/mol. The summed E-state index contributed by atoms with van der Waals surface area (Å²) < 4.78 is 0. The van der Waals surface area contributed by atoms with E-state index in [2.05, 4.69) is 38.7 Å². The molecule has 0 radical (unpaired) electrons. The molecule has 0 spiro atoms. The Morgan fingerprint density at radius 3 is 2.72 bits per heavy atom. The van der Waals surface area contributed by atoms with Crippen LogP contribution in [0.2, 0.25) is 0 Å². The van der Waals surface area contributed by atoms with E-state index in [0.29, 0.717) is 28.7 Å². The Balaban J connectivity index is 1.26. The van der Waals surface area contributed by atoms with Crippen LogP contribution in [0.4, 0.5) is 0 Å². The number of allylic oxidation sites excluding steroid dienone is 1. The smallest absolute Gasteiger partial charge is 0.222 e. The van der Waals surface area contributed by atoms with Crippen LogP contribution in [0.25, 0.3) is 0 Å². The molecule has 1 N–H and O–H groups in total. The number of amides is 1. The number of carbonyl (C=O) groups is 1. The summed E-state index contributed by atoms with van der Waals surface area (Å²) in [4.78, 5) is 15.0. The third-order valence-electron chi connectivity index (χ3n) is 11.5. The number of rotatable bonds is 4. The maximum Gasteiger partial charge on any atom is 0.222 e. The van der Waals surface area contributed by atoms with Gasteiger partial charge in [0.05, 0.1) is 6.10 Å². The first-order valence-corrected chi connectivity index (χ1v) is 13.9. The van der Waals surface area contributed by atoms with Gasteiger partial charge in [0.25, 0.3) is 0 Å². The summed E-state index contributed by atoms with van der Waals surface area (Å²) in [6.07, 6.45) is 16.5. The van der Waals surface area contributed by atoms with Gasteiger partial charge in [0, 0.05) is 19.0 Å². The minimum Gasteiger partial charge on any atom is -0.393 e. The van der Waals surface area contributed by atoms with Crippen molar-refractivity contribution in [2.75, 3.05) is 6.54 Å². The third-order valence-corrected chi connectivity index (χ3v) is 11.5. The highest BCUT2D eigenvalue weighted by atomic mass is 16.3. The average Bonchev–Trinajstić information content (AvgIpc) is 3.35. The second-order valence-electron chi connectivity index (χ2n) is 13.0. The van der Waals surface area contributed by atoms with Crippen LogP contribution in [0.5, 0.6) is 0 Å². The molecule has 180 valence electrons. The van der Waals surface area contributed by atoms with Gasteiger partial charge in [-0.05, 0) is 118 Å². The van der Waals surface area contributed by atoms with Gasteiger partial charge in [0.1, 0.15) is 0 Å². The highest BCUT2D eigenvalue weighted by Gasteiger charge is 2.59. The molecular formula is C29H47NO2. The highest BCUT2D eigenvalue weighted by molar-refractivity contribution is 5.76. The van der Waals surface area contributed by atoms with Crippen molar-refractivity contribution in [3.8, 4) is 0 Å². The molecule has 5 aliphatic rings. The maximum atomic E-state index is 12.8. The molecule has 0 unspecified atom stereocenters. The van der Waals surface area contributed by atoms with Crippen molar-refractivity contribution in [1.29, 1.82) is 0 Å². The zero-order valence-electron chi connectivity index (χ0n) is 21.1. The van der Waals surface area contributed by atoms with Gasteiger partial charge in [-0.25, -0.2) is 0 Å². The van der Waals surface area contributed by atoms with Crippen molar-refractivity contribution in [2.24, 2.45) is 40.4 Å². The van der Waals surface area contributed by atoms with Gasteiger partial charge < -0.3 is 10.0 Å². The molecule has 4 aliphatic carbocycles. The Kier molecular flexibility index (Phi) is 6.05. The second-order valence-corrected chi connectivity index (χ2v) is 13.0. The lowest BCUT2D eigenvalue weighted by Gasteiger charge is -2.58. The number of hydrogen-bond donors (Lipinski definition) is 1. The highest BCUT2D eigenvalue weighted by Crippen LogP contribution is 2.67. The van der Waals surface area contributed by atoms with E-state index in [1.807, 2.05) is 0 Å². The van der Waals surface area contributed by atoms with Crippen LogP contribution in [-0.2, 0) is 4.79 Å². The van der Waals surface area contributed by atoms with Crippen LogP contribution < -0.4 is 0 Å². The van der Waals surface area contributed by atoms with E-state index in [9.17, 15) is 9.90 Å². The quantitative estimate of drug-likeness (QED) is 0.516. The van der Waals surface area contributed by atoms with Crippen molar-refractivity contribution in [1.82, 2.24) is 4.90 Å². The molecule has 3 heteroatoms. The fourth-order valence-electron chi connectivity index (χ4n) is 9.62. The predicted octanol–water partition coefficient (Wildman–Crippen LogP) is 6.35. The van der Waals surface area contributed by atoms with E-state index >= 15 is 0 Å². The molecule has 4 fully saturated rings. The van der Waals surface area contributed by atoms with E-state index in [4.69, 9.17) is 0 Å². The number of fused-ring (bicyclic) bond motifs is 5. The minimum atomic E-state index is -0.109. The summed E-state index contributed by atoms with van der Waals surface area (Å²) in [7, 11) is 0. The van der Waals surface area contributed by atoms with Crippen LogP contribution >= 0.6 is 0 Å². The molecule has 1 heterocycles. The summed E-state index contributed by atoms with van der Waals surface area (Å²) in [6.45, 7) is 10.8. The minimum absolute atomic E-state index is 0.109. The van der Waals surface area contributed by atoms with E-state index in [1.54, 1.807) is 5.57 Å². The topological polar surface area (TPSA) is 40.5 Å². The van der Waals surface area contributed by atoms with Crippen LogP contribution in [0.1, 0.15) is 105 Å². The van der Waals surface area contributed by atoms with Crippen LogP contribution in [0.3, 0.4) is 0 Å². The van der Waals surface area contributed by atoms with Gasteiger partial charge >= 0.3 is 0 Å². The Morgan fingerprint density at radius 1 is 1.16 bits per heavy atom. The fraction of sp³-hybridized carbons (Fsp3) is 0.897. The molecule has 0 bridgehead atoms. The second kappa shape index (κ2) is 8.43.